The molecule has 0 aliphatic carbocycles. The van der Waals surface area contributed by atoms with Crippen LogP contribution in [0, 0.1) is 17.0 Å². The Bertz CT molecular complexity index is 999. The van der Waals surface area contributed by atoms with Crippen LogP contribution in [0.4, 0.5) is 11.4 Å². The van der Waals surface area contributed by atoms with Crippen LogP contribution in [0.25, 0.3) is 5.57 Å². The van der Waals surface area contributed by atoms with Crippen molar-refractivity contribution in [1.82, 2.24) is 0 Å². The minimum Gasteiger partial charge on any atom is -0.366 e. The highest BCUT2D eigenvalue weighted by Gasteiger charge is 2.23. The number of benzene rings is 2. The molecule has 0 saturated heterocycles. The minimum atomic E-state index is -3.98. The highest BCUT2D eigenvalue weighted by Crippen LogP contribution is 2.32. The number of aryl methyl sites for hydroxylation is 1. The van der Waals surface area contributed by atoms with E-state index in [1.54, 1.807) is 4.90 Å². The van der Waals surface area contributed by atoms with Gasteiger partial charge in [-0.05, 0) is 30.5 Å². The smallest absolute Gasteiger partial charge is 0.271 e. The van der Waals surface area contributed by atoms with Crippen LogP contribution in [0.5, 0.6) is 0 Å². The van der Waals surface area contributed by atoms with E-state index in [1.807, 2.05) is 31.2 Å². The van der Waals surface area contributed by atoms with E-state index in [2.05, 4.69) is 6.07 Å². The van der Waals surface area contributed by atoms with E-state index in [4.69, 9.17) is 5.14 Å². The predicted octanol–water partition coefficient (Wildman–Crippen LogP) is 2.84. The van der Waals surface area contributed by atoms with Gasteiger partial charge >= 0.3 is 0 Å². The van der Waals surface area contributed by atoms with Crippen LogP contribution < -0.4 is 10.0 Å². The van der Waals surface area contributed by atoms with E-state index in [-0.39, 0.29) is 16.3 Å². The molecule has 0 atom stereocenters. The number of sulfonamides is 1. The van der Waals surface area contributed by atoms with Crippen molar-refractivity contribution in [2.24, 2.45) is 5.14 Å². The number of hydrogen-bond donors (Lipinski definition) is 1. The van der Waals surface area contributed by atoms with E-state index < -0.39 is 14.9 Å². The monoisotopic (exact) mass is 373 g/mol. The van der Waals surface area contributed by atoms with Gasteiger partial charge in [0.15, 0.2) is 0 Å². The van der Waals surface area contributed by atoms with E-state index >= 15 is 0 Å². The molecule has 136 valence electrons. The second kappa shape index (κ2) is 6.89. The van der Waals surface area contributed by atoms with Gasteiger partial charge in [-0.3, -0.25) is 10.1 Å². The normalized spacial score (nSPS) is 14.8. The lowest BCUT2D eigenvalue weighted by atomic mass is 9.98. The number of anilines is 1. The van der Waals surface area contributed by atoms with Crippen LogP contribution in [-0.2, 0) is 10.0 Å². The van der Waals surface area contributed by atoms with Gasteiger partial charge in [0, 0.05) is 25.2 Å². The average molecular weight is 373 g/mol. The molecule has 3 rings (SSSR count). The summed E-state index contributed by atoms with van der Waals surface area (Å²) in [4.78, 5) is 12.2. The van der Waals surface area contributed by atoms with Crippen molar-refractivity contribution in [1.29, 1.82) is 0 Å². The Morgan fingerprint density at radius 3 is 2.54 bits per heavy atom. The second-order valence-corrected chi connectivity index (χ2v) is 7.78. The van der Waals surface area contributed by atoms with E-state index in [0.717, 1.165) is 11.6 Å². The van der Waals surface area contributed by atoms with Crippen molar-refractivity contribution in [3.8, 4) is 0 Å². The maximum atomic E-state index is 11.9. The lowest BCUT2D eigenvalue weighted by molar-refractivity contribution is -0.384. The molecule has 2 N–H and O–H groups in total. The van der Waals surface area contributed by atoms with E-state index in [0.29, 0.717) is 19.5 Å². The standard InChI is InChI=1S/C18H19N3O4S/c1-13-3-2-4-15(11-13)14-7-9-20(10-8-14)17-12-16(21(22)23)5-6-18(17)26(19,24)25/h2-7,11-12H,8-10H2,1H3,(H2,19,24,25). The first-order valence-corrected chi connectivity index (χ1v) is 9.62. The van der Waals surface area contributed by atoms with Gasteiger partial charge in [-0.25, -0.2) is 13.6 Å². The summed E-state index contributed by atoms with van der Waals surface area (Å²) in [5.74, 6) is 0. The molecule has 2 aromatic rings. The maximum Gasteiger partial charge on any atom is 0.271 e. The first kappa shape index (κ1) is 18.1. The number of rotatable bonds is 4. The molecular weight excluding hydrogens is 354 g/mol. The summed E-state index contributed by atoms with van der Waals surface area (Å²) in [5, 5.41) is 16.3. The second-order valence-electron chi connectivity index (χ2n) is 6.25. The average Bonchev–Trinajstić information content (AvgIpc) is 2.60. The molecule has 0 amide bonds. The fraction of sp³-hybridized carbons (Fsp3) is 0.222. The fourth-order valence-electron chi connectivity index (χ4n) is 3.10. The third-order valence-electron chi connectivity index (χ3n) is 4.40. The lowest BCUT2D eigenvalue weighted by Crippen LogP contribution is -2.30. The number of nitro groups is 1. The van der Waals surface area contributed by atoms with Crippen molar-refractivity contribution in [3.63, 3.8) is 0 Å². The Morgan fingerprint density at radius 2 is 1.96 bits per heavy atom. The summed E-state index contributed by atoms with van der Waals surface area (Å²) in [6.07, 6.45) is 2.72. The Kier molecular flexibility index (Phi) is 4.80. The predicted molar refractivity (Wildman–Crippen MR) is 100 cm³/mol. The summed E-state index contributed by atoms with van der Waals surface area (Å²) in [7, 11) is -3.98. The number of nitro benzene ring substituents is 1. The highest BCUT2D eigenvalue weighted by atomic mass is 32.2. The summed E-state index contributed by atoms with van der Waals surface area (Å²) in [6.45, 7) is 3.02. The molecule has 2 aromatic carbocycles. The Hall–Kier alpha value is -2.71. The van der Waals surface area contributed by atoms with Crippen molar-refractivity contribution >= 4 is 27.0 Å². The van der Waals surface area contributed by atoms with Gasteiger partial charge < -0.3 is 4.90 Å². The molecule has 0 aromatic heterocycles. The van der Waals surface area contributed by atoms with Gasteiger partial charge in [-0.15, -0.1) is 0 Å². The molecule has 0 saturated carbocycles. The number of primary sulfonamides is 1. The zero-order chi connectivity index (χ0) is 18.9. The summed E-state index contributed by atoms with van der Waals surface area (Å²) in [5.41, 5.74) is 3.58. The molecule has 0 spiro atoms. The van der Waals surface area contributed by atoms with Gasteiger partial charge in [0.2, 0.25) is 10.0 Å². The van der Waals surface area contributed by atoms with Crippen LogP contribution in [0.3, 0.4) is 0 Å². The molecule has 8 heteroatoms. The van der Waals surface area contributed by atoms with Crippen LogP contribution >= 0.6 is 0 Å². The number of non-ortho nitro benzene ring substituents is 1. The molecule has 0 unspecified atom stereocenters. The summed E-state index contributed by atoms with van der Waals surface area (Å²) in [6, 6.07) is 11.8. The molecule has 1 heterocycles. The Labute approximate surface area is 151 Å². The topological polar surface area (TPSA) is 107 Å². The molecule has 0 bridgehead atoms. The number of nitrogens with zero attached hydrogens (tertiary/aromatic N) is 2. The first-order valence-electron chi connectivity index (χ1n) is 8.08. The number of nitrogens with two attached hydrogens (primary N) is 1. The van der Waals surface area contributed by atoms with Gasteiger partial charge in [-0.1, -0.05) is 35.9 Å². The minimum absolute atomic E-state index is 0.101. The van der Waals surface area contributed by atoms with Crippen molar-refractivity contribution in [3.05, 3.63) is 69.8 Å². The first-order chi connectivity index (χ1) is 12.3. The molecule has 7 nitrogen and oxygen atoms in total. The van der Waals surface area contributed by atoms with E-state index in [9.17, 15) is 18.5 Å². The molecule has 0 radical (unpaired) electrons. The Balaban J connectivity index is 1.95. The third-order valence-corrected chi connectivity index (χ3v) is 5.36. The zero-order valence-corrected chi connectivity index (χ0v) is 15.1. The summed E-state index contributed by atoms with van der Waals surface area (Å²) < 4.78 is 23.7. The third kappa shape index (κ3) is 3.76. The highest BCUT2D eigenvalue weighted by molar-refractivity contribution is 7.89. The van der Waals surface area contributed by atoms with Crippen molar-refractivity contribution < 1.29 is 13.3 Å². The Morgan fingerprint density at radius 1 is 1.19 bits per heavy atom. The molecule has 26 heavy (non-hydrogen) atoms. The maximum absolute atomic E-state index is 11.9. The van der Waals surface area contributed by atoms with Crippen LogP contribution in [0.1, 0.15) is 17.5 Å². The largest absolute Gasteiger partial charge is 0.366 e. The van der Waals surface area contributed by atoms with Gasteiger partial charge in [0.1, 0.15) is 4.90 Å². The molecule has 0 fully saturated rings. The van der Waals surface area contributed by atoms with Crippen LogP contribution in [0.15, 0.2) is 53.4 Å². The molecular formula is C18H19N3O4S. The van der Waals surface area contributed by atoms with Crippen molar-refractivity contribution in [2.75, 3.05) is 18.0 Å². The van der Waals surface area contributed by atoms with Gasteiger partial charge in [-0.2, -0.15) is 0 Å². The van der Waals surface area contributed by atoms with Crippen molar-refractivity contribution in [2.45, 2.75) is 18.2 Å². The van der Waals surface area contributed by atoms with Crippen LogP contribution in [0.2, 0.25) is 0 Å². The van der Waals surface area contributed by atoms with Gasteiger partial charge in [0.25, 0.3) is 5.69 Å². The molecule has 1 aliphatic heterocycles. The zero-order valence-electron chi connectivity index (χ0n) is 14.3. The van der Waals surface area contributed by atoms with Crippen LogP contribution in [-0.4, -0.2) is 26.4 Å². The number of hydrogen-bond acceptors (Lipinski definition) is 5. The quantitative estimate of drug-likeness (QED) is 0.655. The van der Waals surface area contributed by atoms with Gasteiger partial charge in [0.05, 0.1) is 10.6 Å². The summed E-state index contributed by atoms with van der Waals surface area (Å²) >= 11 is 0. The fourth-order valence-corrected chi connectivity index (χ4v) is 3.84. The van der Waals surface area contributed by atoms with E-state index in [1.165, 1.54) is 23.3 Å². The lowest BCUT2D eigenvalue weighted by Gasteiger charge is -2.29. The SMILES string of the molecule is Cc1cccc(C2=CCN(c3cc([N+](=O)[O-])ccc3S(N)(=O)=O)CC2)c1. The molecule has 1 aliphatic rings.